The quantitative estimate of drug-likeness (QED) is 0.777. The van der Waals surface area contributed by atoms with Crippen molar-refractivity contribution in [3.8, 4) is 0 Å². The normalized spacial score (nSPS) is 10.7. The Bertz CT molecular complexity index is 576. The molecule has 0 atom stereocenters. The zero-order chi connectivity index (χ0) is 13.8. The Labute approximate surface area is 111 Å². The van der Waals surface area contributed by atoms with Gasteiger partial charge in [0.05, 0.1) is 0 Å². The van der Waals surface area contributed by atoms with Crippen LogP contribution < -0.4 is 11.1 Å². The van der Waals surface area contributed by atoms with Crippen LogP contribution in [0.15, 0.2) is 24.3 Å². The van der Waals surface area contributed by atoms with E-state index in [4.69, 9.17) is 5.73 Å². The summed E-state index contributed by atoms with van der Waals surface area (Å²) in [4.78, 5) is 16.1. The van der Waals surface area contributed by atoms with Crippen molar-refractivity contribution in [3.63, 3.8) is 0 Å². The number of anilines is 1. The maximum absolute atomic E-state index is 12.0. The topological polar surface area (TPSA) is 96.7 Å². The maximum Gasteiger partial charge on any atom is 0.295 e. The predicted octanol–water partition coefficient (Wildman–Crippen LogP) is 1.64. The Morgan fingerprint density at radius 3 is 2.89 bits per heavy atom. The first-order valence-corrected chi connectivity index (χ1v) is 6.13. The first kappa shape index (κ1) is 13.2. The van der Waals surface area contributed by atoms with Gasteiger partial charge in [-0.3, -0.25) is 9.89 Å². The number of nitrogens with zero attached hydrogens (tertiary/aromatic N) is 2. The van der Waals surface area contributed by atoms with Crippen molar-refractivity contribution in [1.82, 2.24) is 15.2 Å². The van der Waals surface area contributed by atoms with Crippen LogP contribution in [-0.4, -0.2) is 21.1 Å². The molecule has 1 aromatic carbocycles. The zero-order valence-electron chi connectivity index (χ0n) is 11.0. The number of nitrogens with two attached hydrogens (primary N) is 1. The summed E-state index contributed by atoms with van der Waals surface area (Å²) in [6.07, 6.45) is 0. The first-order valence-electron chi connectivity index (χ1n) is 6.13. The van der Waals surface area contributed by atoms with E-state index in [1.54, 1.807) is 6.07 Å². The van der Waals surface area contributed by atoms with E-state index in [-0.39, 0.29) is 17.6 Å². The first-order chi connectivity index (χ1) is 9.10. The van der Waals surface area contributed by atoms with Gasteiger partial charge in [-0.1, -0.05) is 26.0 Å². The number of aromatic amines is 1. The average molecular weight is 259 g/mol. The number of benzene rings is 1. The molecule has 0 saturated carbocycles. The van der Waals surface area contributed by atoms with Gasteiger partial charge in [0.15, 0.2) is 0 Å². The van der Waals surface area contributed by atoms with E-state index >= 15 is 0 Å². The van der Waals surface area contributed by atoms with Crippen molar-refractivity contribution < 1.29 is 4.79 Å². The van der Waals surface area contributed by atoms with Gasteiger partial charge < -0.3 is 11.1 Å². The Morgan fingerprint density at radius 2 is 2.26 bits per heavy atom. The van der Waals surface area contributed by atoms with Crippen LogP contribution in [0.25, 0.3) is 0 Å². The second-order valence-electron chi connectivity index (χ2n) is 4.56. The van der Waals surface area contributed by atoms with Crippen LogP contribution in [-0.2, 0) is 6.54 Å². The lowest BCUT2D eigenvalue weighted by Crippen LogP contribution is -2.14. The van der Waals surface area contributed by atoms with Crippen molar-refractivity contribution in [1.29, 1.82) is 0 Å². The fourth-order valence-corrected chi connectivity index (χ4v) is 1.60. The van der Waals surface area contributed by atoms with Gasteiger partial charge in [-0.05, 0) is 17.7 Å². The summed E-state index contributed by atoms with van der Waals surface area (Å²) in [7, 11) is 0. The summed E-state index contributed by atoms with van der Waals surface area (Å²) >= 11 is 0. The third-order valence-corrected chi connectivity index (χ3v) is 2.67. The molecule has 0 fully saturated rings. The van der Waals surface area contributed by atoms with Crippen molar-refractivity contribution >= 4 is 11.6 Å². The molecule has 1 aromatic heterocycles. The summed E-state index contributed by atoms with van der Waals surface area (Å²) in [5.74, 6) is 0.703. The molecule has 2 rings (SSSR count). The van der Waals surface area contributed by atoms with Gasteiger partial charge in [0.2, 0.25) is 5.82 Å². The molecule has 6 heteroatoms. The van der Waals surface area contributed by atoms with Gasteiger partial charge in [-0.2, -0.15) is 0 Å². The fraction of sp³-hybridized carbons (Fsp3) is 0.308. The highest BCUT2D eigenvalue weighted by Gasteiger charge is 2.14. The lowest BCUT2D eigenvalue weighted by atomic mass is 10.2. The molecule has 1 amide bonds. The highest BCUT2D eigenvalue weighted by Crippen LogP contribution is 2.12. The van der Waals surface area contributed by atoms with Crippen LogP contribution in [0.5, 0.6) is 0 Å². The predicted molar refractivity (Wildman–Crippen MR) is 72.8 cm³/mol. The number of hydrogen-bond donors (Lipinski definition) is 3. The van der Waals surface area contributed by atoms with Gasteiger partial charge in [0.25, 0.3) is 5.91 Å². The van der Waals surface area contributed by atoms with E-state index in [9.17, 15) is 4.79 Å². The minimum Gasteiger partial charge on any atom is -0.326 e. The molecular formula is C13H17N5O. The Kier molecular flexibility index (Phi) is 3.91. The van der Waals surface area contributed by atoms with Crippen LogP contribution in [0.3, 0.4) is 0 Å². The monoisotopic (exact) mass is 259 g/mol. The van der Waals surface area contributed by atoms with E-state index in [2.05, 4.69) is 20.5 Å². The van der Waals surface area contributed by atoms with Gasteiger partial charge in [0, 0.05) is 18.2 Å². The number of amides is 1. The molecule has 0 saturated heterocycles. The molecule has 0 bridgehead atoms. The third kappa shape index (κ3) is 3.17. The highest BCUT2D eigenvalue weighted by atomic mass is 16.2. The van der Waals surface area contributed by atoms with Gasteiger partial charge in [-0.25, -0.2) is 4.98 Å². The SMILES string of the molecule is CC(C)c1nc(C(=O)Nc2cccc(CN)c2)n[nH]1. The van der Waals surface area contributed by atoms with Gasteiger partial charge in [-0.15, -0.1) is 5.10 Å². The number of carbonyl (C=O) groups is 1. The number of aromatic nitrogens is 3. The number of H-pyrrole nitrogens is 1. The second kappa shape index (κ2) is 5.62. The zero-order valence-corrected chi connectivity index (χ0v) is 11.0. The largest absolute Gasteiger partial charge is 0.326 e. The molecule has 2 aromatic rings. The summed E-state index contributed by atoms with van der Waals surface area (Å²) in [6.45, 7) is 4.39. The molecule has 0 aliphatic heterocycles. The van der Waals surface area contributed by atoms with E-state index in [1.807, 2.05) is 32.0 Å². The van der Waals surface area contributed by atoms with Crippen molar-refractivity contribution in [3.05, 3.63) is 41.5 Å². The van der Waals surface area contributed by atoms with Crippen LogP contribution in [0, 0.1) is 0 Å². The fourth-order valence-electron chi connectivity index (χ4n) is 1.60. The minimum atomic E-state index is -0.336. The third-order valence-electron chi connectivity index (χ3n) is 2.67. The molecule has 0 spiro atoms. The van der Waals surface area contributed by atoms with Crippen molar-refractivity contribution in [2.45, 2.75) is 26.3 Å². The van der Waals surface area contributed by atoms with E-state index in [0.717, 1.165) is 5.56 Å². The minimum absolute atomic E-state index is 0.141. The summed E-state index contributed by atoms with van der Waals surface area (Å²) in [5, 5.41) is 9.40. The molecular weight excluding hydrogens is 242 g/mol. The van der Waals surface area contributed by atoms with Crippen LogP contribution in [0.4, 0.5) is 5.69 Å². The molecule has 0 aliphatic rings. The van der Waals surface area contributed by atoms with Gasteiger partial charge >= 0.3 is 0 Å². The van der Waals surface area contributed by atoms with E-state index < -0.39 is 0 Å². The highest BCUT2D eigenvalue weighted by molar-refractivity contribution is 6.01. The molecule has 6 nitrogen and oxygen atoms in total. The van der Waals surface area contributed by atoms with Crippen LogP contribution in [0.1, 0.15) is 41.8 Å². The Balaban J connectivity index is 2.11. The number of nitrogens with one attached hydrogen (secondary N) is 2. The lowest BCUT2D eigenvalue weighted by molar-refractivity contribution is 0.101. The molecule has 19 heavy (non-hydrogen) atoms. The maximum atomic E-state index is 12.0. The van der Waals surface area contributed by atoms with Crippen molar-refractivity contribution in [2.24, 2.45) is 5.73 Å². The molecule has 0 radical (unpaired) electrons. The molecule has 4 N–H and O–H groups in total. The van der Waals surface area contributed by atoms with Crippen LogP contribution >= 0.6 is 0 Å². The number of rotatable bonds is 4. The number of carbonyl (C=O) groups excluding carboxylic acids is 1. The molecule has 1 heterocycles. The number of hydrogen-bond acceptors (Lipinski definition) is 4. The lowest BCUT2D eigenvalue weighted by Gasteiger charge is -2.04. The standard InChI is InChI=1S/C13H17N5O/c1-8(2)11-16-12(18-17-11)13(19)15-10-5-3-4-9(6-10)7-14/h3-6,8H,7,14H2,1-2H3,(H,15,19)(H,16,17,18). The smallest absolute Gasteiger partial charge is 0.295 e. The van der Waals surface area contributed by atoms with E-state index in [1.165, 1.54) is 0 Å². The molecule has 0 aliphatic carbocycles. The van der Waals surface area contributed by atoms with E-state index in [0.29, 0.717) is 18.1 Å². The Hall–Kier alpha value is -2.21. The molecule has 0 unspecified atom stereocenters. The summed E-state index contributed by atoms with van der Waals surface area (Å²) in [5.41, 5.74) is 7.19. The van der Waals surface area contributed by atoms with Crippen molar-refractivity contribution in [2.75, 3.05) is 5.32 Å². The molecule has 100 valence electrons. The van der Waals surface area contributed by atoms with Gasteiger partial charge in [0.1, 0.15) is 5.82 Å². The summed E-state index contributed by atoms with van der Waals surface area (Å²) in [6, 6.07) is 7.37. The summed E-state index contributed by atoms with van der Waals surface area (Å²) < 4.78 is 0. The van der Waals surface area contributed by atoms with Crippen LogP contribution in [0.2, 0.25) is 0 Å². The Morgan fingerprint density at radius 1 is 1.47 bits per heavy atom. The average Bonchev–Trinajstić information content (AvgIpc) is 2.89. The second-order valence-corrected chi connectivity index (χ2v) is 4.56.